The van der Waals surface area contributed by atoms with Crippen molar-refractivity contribution in [3.05, 3.63) is 53.5 Å². The minimum atomic E-state index is 0.259. The fraction of sp³-hybridized carbons (Fsp3) is 0.517. The smallest absolute Gasteiger partial charge is 0.158 e. The number of hydrogen-bond donors (Lipinski definition) is 1. The molecule has 4 heterocycles. The van der Waals surface area contributed by atoms with Gasteiger partial charge in [-0.2, -0.15) is 5.10 Å². The van der Waals surface area contributed by atoms with Gasteiger partial charge in [0, 0.05) is 33.8 Å². The minimum Gasteiger partial charge on any atom is -0.354 e. The summed E-state index contributed by atoms with van der Waals surface area (Å²) >= 11 is 0. The van der Waals surface area contributed by atoms with Gasteiger partial charge in [-0.25, -0.2) is 9.50 Å². The highest BCUT2D eigenvalue weighted by Gasteiger charge is 2.28. The molecule has 5 heteroatoms. The average molecular weight is 458 g/mol. The van der Waals surface area contributed by atoms with Crippen molar-refractivity contribution in [1.82, 2.24) is 24.5 Å². The van der Waals surface area contributed by atoms with Crippen molar-refractivity contribution in [2.24, 2.45) is 0 Å². The SMILES string of the molecule is CC(C)c1c(-c2cc(C(C)C)c3ncnn3c2)[nH]c2ccc(C3CCN(C(C)(C)C)CC3)cc12. The van der Waals surface area contributed by atoms with Crippen molar-refractivity contribution < 1.29 is 0 Å². The van der Waals surface area contributed by atoms with Crippen LogP contribution in [0.25, 0.3) is 27.8 Å². The van der Waals surface area contributed by atoms with Crippen molar-refractivity contribution in [3.63, 3.8) is 0 Å². The zero-order valence-electron chi connectivity index (χ0n) is 21.8. The number of likely N-dealkylation sites (tertiary alicyclic amines) is 1. The van der Waals surface area contributed by atoms with Crippen LogP contribution in [0.3, 0.4) is 0 Å². The molecule has 1 saturated heterocycles. The zero-order valence-corrected chi connectivity index (χ0v) is 21.8. The molecular weight excluding hydrogens is 418 g/mol. The first-order chi connectivity index (χ1) is 16.1. The predicted octanol–water partition coefficient (Wildman–Crippen LogP) is 7.10. The summed E-state index contributed by atoms with van der Waals surface area (Å²) in [6.45, 7) is 18.4. The molecular formula is C29H39N5. The maximum absolute atomic E-state index is 4.50. The Morgan fingerprint density at radius 1 is 1.00 bits per heavy atom. The lowest BCUT2D eigenvalue weighted by molar-refractivity contribution is 0.102. The van der Waals surface area contributed by atoms with Gasteiger partial charge >= 0.3 is 0 Å². The van der Waals surface area contributed by atoms with Crippen LogP contribution >= 0.6 is 0 Å². The zero-order chi connectivity index (χ0) is 24.2. The number of benzene rings is 1. The Kier molecular flexibility index (Phi) is 5.79. The van der Waals surface area contributed by atoms with Crippen LogP contribution in [-0.2, 0) is 0 Å². The summed E-state index contributed by atoms with van der Waals surface area (Å²) in [6, 6.07) is 9.42. The van der Waals surface area contributed by atoms with Gasteiger partial charge in [0.25, 0.3) is 0 Å². The van der Waals surface area contributed by atoms with E-state index in [1.807, 2.05) is 4.52 Å². The van der Waals surface area contributed by atoms with E-state index < -0.39 is 0 Å². The number of fused-ring (bicyclic) bond motifs is 2. The van der Waals surface area contributed by atoms with E-state index in [1.165, 1.54) is 64.8 Å². The van der Waals surface area contributed by atoms with Crippen LogP contribution in [0.4, 0.5) is 0 Å². The van der Waals surface area contributed by atoms with E-state index >= 15 is 0 Å². The third-order valence-corrected chi connectivity index (χ3v) is 7.67. The van der Waals surface area contributed by atoms with Gasteiger partial charge in [-0.15, -0.1) is 0 Å². The average Bonchev–Trinajstić information content (AvgIpc) is 3.41. The third-order valence-electron chi connectivity index (χ3n) is 7.67. The first-order valence-corrected chi connectivity index (χ1v) is 12.9. The highest BCUT2D eigenvalue weighted by atomic mass is 15.3. The molecule has 0 aliphatic carbocycles. The molecule has 4 aromatic rings. The molecule has 5 rings (SSSR count). The summed E-state index contributed by atoms with van der Waals surface area (Å²) in [7, 11) is 0. The number of aromatic nitrogens is 4. The van der Waals surface area contributed by atoms with Crippen molar-refractivity contribution in [2.75, 3.05) is 13.1 Å². The van der Waals surface area contributed by atoms with E-state index in [9.17, 15) is 0 Å². The van der Waals surface area contributed by atoms with Crippen LogP contribution in [0.1, 0.15) is 95.8 Å². The maximum Gasteiger partial charge on any atom is 0.158 e. The van der Waals surface area contributed by atoms with Crippen LogP contribution in [0.2, 0.25) is 0 Å². The Hall–Kier alpha value is -2.66. The summed E-state index contributed by atoms with van der Waals surface area (Å²) in [5, 5.41) is 5.83. The largest absolute Gasteiger partial charge is 0.354 e. The number of nitrogens with zero attached hydrogens (tertiary/aromatic N) is 4. The number of piperidine rings is 1. The number of rotatable bonds is 4. The molecule has 34 heavy (non-hydrogen) atoms. The van der Waals surface area contributed by atoms with Crippen molar-refractivity contribution >= 4 is 16.6 Å². The van der Waals surface area contributed by atoms with E-state index in [1.54, 1.807) is 6.33 Å². The fourth-order valence-electron chi connectivity index (χ4n) is 5.71. The van der Waals surface area contributed by atoms with Gasteiger partial charge in [0.1, 0.15) is 6.33 Å². The molecule has 0 radical (unpaired) electrons. The van der Waals surface area contributed by atoms with Crippen LogP contribution in [0.15, 0.2) is 36.8 Å². The van der Waals surface area contributed by atoms with Crippen molar-refractivity contribution in [3.8, 4) is 11.3 Å². The lowest BCUT2D eigenvalue weighted by atomic mass is 9.86. The molecule has 1 aromatic carbocycles. The summed E-state index contributed by atoms with van der Waals surface area (Å²) in [5.41, 5.74) is 8.95. The van der Waals surface area contributed by atoms with Crippen LogP contribution in [0.5, 0.6) is 0 Å². The van der Waals surface area contributed by atoms with Crippen molar-refractivity contribution in [1.29, 1.82) is 0 Å². The van der Waals surface area contributed by atoms with E-state index in [0.29, 0.717) is 17.8 Å². The van der Waals surface area contributed by atoms with E-state index in [4.69, 9.17) is 0 Å². The molecule has 0 unspecified atom stereocenters. The van der Waals surface area contributed by atoms with Crippen LogP contribution in [0, 0.1) is 0 Å². The highest BCUT2D eigenvalue weighted by molar-refractivity contribution is 5.92. The summed E-state index contributed by atoms with van der Waals surface area (Å²) < 4.78 is 1.93. The molecule has 0 amide bonds. The summed E-state index contributed by atoms with van der Waals surface area (Å²) in [4.78, 5) is 10.9. The molecule has 3 aromatic heterocycles. The van der Waals surface area contributed by atoms with Gasteiger partial charge in [0.05, 0.1) is 5.69 Å². The van der Waals surface area contributed by atoms with Gasteiger partial charge in [-0.05, 0) is 93.8 Å². The molecule has 1 N–H and O–H groups in total. The van der Waals surface area contributed by atoms with Gasteiger partial charge in [0.15, 0.2) is 5.65 Å². The molecule has 0 saturated carbocycles. The topological polar surface area (TPSA) is 49.2 Å². The minimum absolute atomic E-state index is 0.259. The second-order valence-corrected chi connectivity index (χ2v) is 11.7. The lowest BCUT2D eigenvalue weighted by Gasteiger charge is -2.41. The maximum atomic E-state index is 4.50. The van der Waals surface area contributed by atoms with E-state index in [-0.39, 0.29) is 5.54 Å². The van der Waals surface area contributed by atoms with Gasteiger partial charge in [-0.3, -0.25) is 4.90 Å². The fourth-order valence-corrected chi connectivity index (χ4v) is 5.71. The Morgan fingerprint density at radius 2 is 1.74 bits per heavy atom. The molecule has 1 aliphatic heterocycles. The highest BCUT2D eigenvalue weighted by Crippen LogP contribution is 2.39. The molecule has 1 aliphatic rings. The Labute approximate surface area is 203 Å². The summed E-state index contributed by atoms with van der Waals surface area (Å²) in [6.07, 6.45) is 6.24. The number of H-pyrrole nitrogens is 1. The first kappa shape index (κ1) is 23.1. The first-order valence-electron chi connectivity index (χ1n) is 12.9. The Morgan fingerprint density at radius 3 is 2.38 bits per heavy atom. The monoisotopic (exact) mass is 457 g/mol. The Balaban J connectivity index is 1.56. The van der Waals surface area contributed by atoms with Crippen LogP contribution in [-0.4, -0.2) is 43.1 Å². The van der Waals surface area contributed by atoms with E-state index in [2.05, 4.69) is 98.9 Å². The molecule has 5 nitrogen and oxygen atoms in total. The summed E-state index contributed by atoms with van der Waals surface area (Å²) in [5.74, 6) is 1.43. The van der Waals surface area contributed by atoms with Gasteiger partial charge in [0.2, 0.25) is 0 Å². The van der Waals surface area contributed by atoms with E-state index in [0.717, 1.165) is 5.65 Å². The molecule has 1 fully saturated rings. The number of pyridine rings is 1. The molecule has 0 spiro atoms. The van der Waals surface area contributed by atoms with Crippen LogP contribution < -0.4 is 0 Å². The van der Waals surface area contributed by atoms with Gasteiger partial charge < -0.3 is 4.98 Å². The third kappa shape index (κ3) is 4.04. The number of hydrogen-bond acceptors (Lipinski definition) is 3. The van der Waals surface area contributed by atoms with Gasteiger partial charge in [-0.1, -0.05) is 33.8 Å². The normalized spacial score (nSPS) is 16.5. The Bertz CT molecular complexity index is 1310. The second-order valence-electron chi connectivity index (χ2n) is 11.7. The quantitative estimate of drug-likeness (QED) is 0.355. The molecule has 0 bridgehead atoms. The molecule has 0 atom stereocenters. The standard InChI is InChI=1S/C29H39N5/c1-18(2)23-15-22(16-34-28(23)30-17-31-34)27-26(19(3)4)24-14-21(8-9-25(24)32-27)20-10-12-33(13-11-20)29(5,6)7/h8-9,14-20,32H,10-13H2,1-7H3. The number of aromatic amines is 1. The molecule has 180 valence electrons. The lowest BCUT2D eigenvalue weighted by Crippen LogP contribution is -2.45. The van der Waals surface area contributed by atoms with Crippen molar-refractivity contribution in [2.45, 2.75) is 84.6 Å². The second kappa shape index (κ2) is 8.53. The number of nitrogens with one attached hydrogen (secondary N) is 1. The predicted molar refractivity (Wildman–Crippen MR) is 142 cm³/mol.